The quantitative estimate of drug-likeness (QED) is 0.746. The van der Waals surface area contributed by atoms with E-state index in [1.807, 2.05) is 0 Å². The SMILES string of the molecule is CCCCNC(=O)COc1cccc(Cl)c1CN. The second-order valence-electron chi connectivity index (χ2n) is 3.91. The van der Waals surface area contributed by atoms with Gasteiger partial charge in [0.2, 0.25) is 0 Å². The van der Waals surface area contributed by atoms with Crippen LogP contribution in [0.25, 0.3) is 0 Å². The molecule has 100 valence electrons. The lowest BCUT2D eigenvalue weighted by Crippen LogP contribution is -2.29. The number of amides is 1. The van der Waals surface area contributed by atoms with Gasteiger partial charge in [-0.2, -0.15) is 0 Å². The molecule has 0 heterocycles. The minimum absolute atomic E-state index is 0.0168. The number of unbranched alkanes of at least 4 members (excludes halogenated alkanes) is 1. The normalized spacial score (nSPS) is 10.2. The molecule has 0 aliphatic heterocycles. The van der Waals surface area contributed by atoms with Gasteiger partial charge in [-0.05, 0) is 18.6 Å². The van der Waals surface area contributed by atoms with Gasteiger partial charge in [0.15, 0.2) is 6.61 Å². The van der Waals surface area contributed by atoms with Crippen molar-refractivity contribution in [3.63, 3.8) is 0 Å². The Kier molecular flexibility index (Phi) is 6.54. The average Bonchev–Trinajstić information content (AvgIpc) is 2.36. The Morgan fingerprint density at radius 2 is 2.28 bits per heavy atom. The third-order valence-corrected chi connectivity index (χ3v) is 2.85. The first-order valence-corrected chi connectivity index (χ1v) is 6.43. The van der Waals surface area contributed by atoms with E-state index in [0.29, 0.717) is 17.3 Å². The summed E-state index contributed by atoms with van der Waals surface area (Å²) in [5.74, 6) is 0.432. The van der Waals surface area contributed by atoms with Crippen LogP contribution in [0.3, 0.4) is 0 Å². The molecule has 0 spiro atoms. The molecule has 1 aromatic carbocycles. The van der Waals surface area contributed by atoms with Crippen molar-refractivity contribution in [2.75, 3.05) is 13.2 Å². The molecule has 0 radical (unpaired) electrons. The number of rotatable bonds is 7. The molecular weight excluding hydrogens is 252 g/mol. The van der Waals surface area contributed by atoms with Crippen LogP contribution in [-0.2, 0) is 11.3 Å². The first-order valence-electron chi connectivity index (χ1n) is 6.06. The van der Waals surface area contributed by atoms with Crippen LogP contribution >= 0.6 is 11.6 Å². The van der Waals surface area contributed by atoms with Crippen LogP contribution in [0, 0.1) is 0 Å². The van der Waals surface area contributed by atoms with Crippen LogP contribution < -0.4 is 15.8 Å². The second-order valence-corrected chi connectivity index (χ2v) is 4.32. The first kappa shape index (κ1) is 14.8. The molecule has 18 heavy (non-hydrogen) atoms. The van der Waals surface area contributed by atoms with Crippen LogP contribution in [0.4, 0.5) is 0 Å². The minimum atomic E-state index is -0.133. The van der Waals surface area contributed by atoms with Crippen molar-refractivity contribution in [1.82, 2.24) is 5.32 Å². The van der Waals surface area contributed by atoms with Gasteiger partial charge in [-0.25, -0.2) is 0 Å². The highest BCUT2D eigenvalue weighted by atomic mass is 35.5. The number of carbonyl (C=O) groups is 1. The molecule has 3 N–H and O–H groups in total. The molecule has 0 fully saturated rings. The number of benzene rings is 1. The van der Waals surface area contributed by atoms with E-state index in [0.717, 1.165) is 18.4 Å². The van der Waals surface area contributed by atoms with Crippen molar-refractivity contribution in [1.29, 1.82) is 0 Å². The fourth-order valence-corrected chi connectivity index (χ4v) is 1.71. The number of ether oxygens (including phenoxy) is 1. The lowest BCUT2D eigenvalue weighted by molar-refractivity contribution is -0.123. The lowest BCUT2D eigenvalue weighted by atomic mass is 10.2. The van der Waals surface area contributed by atoms with Gasteiger partial charge in [0.05, 0.1) is 0 Å². The molecule has 1 aromatic rings. The number of nitrogens with two attached hydrogens (primary N) is 1. The topological polar surface area (TPSA) is 64.3 Å². The molecule has 0 saturated heterocycles. The number of nitrogens with one attached hydrogen (secondary N) is 1. The Morgan fingerprint density at radius 3 is 2.94 bits per heavy atom. The first-order chi connectivity index (χ1) is 8.69. The highest BCUT2D eigenvalue weighted by Crippen LogP contribution is 2.25. The van der Waals surface area contributed by atoms with Gasteiger partial charge in [-0.1, -0.05) is 31.0 Å². The zero-order valence-corrected chi connectivity index (χ0v) is 11.3. The Morgan fingerprint density at radius 1 is 1.50 bits per heavy atom. The van der Waals surface area contributed by atoms with Crippen LogP contribution in [0.15, 0.2) is 18.2 Å². The second kappa shape index (κ2) is 7.95. The molecule has 0 bridgehead atoms. The van der Waals surface area contributed by atoms with Gasteiger partial charge >= 0.3 is 0 Å². The van der Waals surface area contributed by atoms with Crippen molar-refractivity contribution in [2.24, 2.45) is 5.73 Å². The van der Waals surface area contributed by atoms with Crippen molar-refractivity contribution in [2.45, 2.75) is 26.3 Å². The largest absolute Gasteiger partial charge is 0.483 e. The van der Waals surface area contributed by atoms with E-state index in [-0.39, 0.29) is 19.1 Å². The molecule has 0 aliphatic carbocycles. The smallest absolute Gasteiger partial charge is 0.257 e. The molecule has 0 aromatic heterocycles. The van der Waals surface area contributed by atoms with Crippen LogP contribution in [0.2, 0.25) is 5.02 Å². The Hall–Kier alpha value is -1.26. The van der Waals surface area contributed by atoms with E-state index in [9.17, 15) is 4.79 Å². The summed E-state index contributed by atoms with van der Waals surface area (Å²) in [6.07, 6.45) is 2.02. The molecule has 1 amide bonds. The number of carbonyl (C=O) groups excluding carboxylic acids is 1. The van der Waals surface area contributed by atoms with E-state index in [4.69, 9.17) is 22.1 Å². The predicted molar refractivity (Wildman–Crippen MR) is 72.8 cm³/mol. The monoisotopic (exact) mass is 270 g/mol. The molecule has 5 heteroatoms. The zero-order chi connectivity index (χ0) is 13.4. The fourth-order valence-electron chi connectivity index (χ4n) is 1.47. The number of hydrogen-bond acceptors (Lipinski definition) is 3. The lowest BCUT2D eigenvalue weighted by Gasteiger charge is -2.11. The van der Waals surface area contributed by atoms with Gasteiger partial charge in [-0.3, -0.25) is 4.79 Å². The highest BCUT2D eigenvalue weighted by molar-refractivity contribution is 6.31. The molecule has 0 unspecified atom stereocenters. The third-order valence-electron chi connectivity index (χ3n) is 2.49. The summed E-state index contributed by atoms with van der Waals surface area (Å²) in [6.45, 7) is 3.02. The van der Waals surface area contributed by atoms with Crippen LogP contribution in [0.1, 0.15) is 25.3 Å². The summed E-state index contributed by atoms with van der Waals surface area (Å²) in [5.41, 5.74) is 6.31. The standard InChI is InChI=1S/C13H19ClN2O2/c1-2-3-7-16-13(17)9-18-12-6-4-5-11(14)10(12)8-15/h4-6H,2-3,7-9,15H2,1H3,(H,16,17). The van der Waals surface area contributed by atoms with Gasteiger partial charge < -0.3 is 15.8 Å². The minimum Gasteiger partial charge on any atom is -0.483 e. The van der Waals surface area contributed by atoms with Gasteiger partial charge in [0, 0.05) is 23.7 Å². The van der Waals surface area contributed by atoms with Crippen molar-refractivity contribution in [3.8, 4) is 5.75 Å². The van der Waals surface area contributed by atoms with E-state index >= 15 is 0 Å². The van der Waals surface area contributed by atoms with Crippen molar-refractivity contribution in [3.05, 3.63) is 28.8 Å². The zero-order valence-electron chi connectivity index (χ0n) is 10.5. The molecule has 1 rings (SSSR count). The van der Waals surface area contributed by atoms with E-state index < -0.39 is 0 Å². The Labute approximate surface area is 112 Å². The van der Waals surface area contributed by atoms with E-state index in [1.165, 1.54) is 0 Å². The third kappa shape index (κ3) is 4.55. The van der Waals surface area contributed by atoms with E-state index in [1.54, 1.807) is 18.2 Å². The van der Waals surface area contributed by atoms with Crippen LogP contribution in [-0.4, -0.2) is 19.1 Å². The van der Waals surface area contributed by atoms with E-state index in [2.05, 4.69) is 12.2 Å². The summed E-state index contributed by atoms with van der Waals surface area (Å²) in [6, 6.07) is 5.27. The Balaban J connectivity index is 2.48. The molecule has 0 atom stereocenters. The molecular formula is C13H19ClN2O2. The summed E-state index contributed by atoms with van der Waals surface area (Å²) in [7, 11) is 0. The highest BCUT2D eigenvalue weighted by Gasteiger charge is 2.08. The predicted octanol–water partition coefficient (Wildman–Crippen LogP) is 2.09. The molecule has 0 saturated carbocycles. The van der Waals surface area contributed by atoms with Gasteiger partial charge in [0.25, 0.3) is 5.91 Å². The van der Waals surface area contributed by atoms with Gasteiger partial charge in [0.1, 0.15) is 5.75 Å². The summed E-state index contributed by atoms with van der Waals surface area (Å²) < 4.78 is 5.42. The molecule has 0 aliphatic rings. The Bertz CT molecular complexity index is 397. The van der Waals surface area contributed by atoms with Gasteiger partial charge in [-0.15, -0.1) is 0 Å². The maximum Gasteiger partial charge on any atom is 0.257 e. The average molecular weight is 271 g/mol. The van der Waals surface area contributed by atoms with Crippen molar-refractivity contribution < 1.29 is 9.53 Å². The van der Waals surface area contributed by atoms with Crippen molar-refractivity contribution >= 4 is 17.5 Å². The summed E-state index contributed by atoms with van der Waals surface area (Å²) in [5, 5.41) is 3.33. The van der Waals surface area contributed by atoms with Crippen LogP contribution in [0.5, 0.6) is 5.75 Å². The summed E-state index contributed by atoms with van der Waals surface area (Å²) in [4.78, 5) is 11.5. The number of hydrogen-bond donors (Lipinski definition) is 2. The molecule has 4 nitrogen and oxygen atoms in total. The fraction of sp³-hybridized carbons (Fsp3) is 0.462. The number of halogens is 1. The maximum absolute atomic E-state index is 11.5. The summed E-state index contributed by atoms with van der Waals surface area (Å²) >= 11 is 5.99. The maximum atomic E-state index is 11.5.